The Kier molecular flexibility index (Phi) is 5.62. The van der Waals surface area contributed by atoms with Crippen molar-refractivity contribution >= 4 is 11.6 Å². The van der Waals surface area contributed by atoms with Crippen LogP contribution in [0.3, 0.4) is 0 Å². The summed E-state index contributed by atoms with van der Waals surface area (Å²) in [6.45, 7) is 3.75. The number of anilines is 1. The summed E-state index contributed by atoms with van der Waals surface area (Å²) < 4.78 is 51.6. The van der Waals surface area contributed by atoms with Gasteiger partial charge in [0.15, 0.2) is 0 Å². The predicted molar refractivity (Wildman–Crippen MR) is 79.4 cm³/mol. The maximum absolute atomic E-state index is 13.6. The van der Waals surface area contributed by atoms with Crippen LogP contribution in [0.5, 0.6) is 0 Å². The highest BCUT2D eigenvalue weighted by molar-refractivity contribution is 5.91. The third-order valence-electron chi connectivity index (χ3n) is 4.26. The van der Waals surface area contributed by atoms with Crippen LogP contribution in [0, 0.1) is 17.7 Å². The third-order valence-corrected chi connectivity index (χ3v) is 4.26. The van der Waals surface area contributed by atoms with E-state index in [2.05, 4.69) is 10.6 Å². The average molecular weight is 332 g/mol. The molecule has 1 fully saturated rings. The van der Waals surface area contributed by atoms with Gasteiger partial charge in [0, 0.05) is 6.42 Å². The lowest BCUT2D eigenvalue weighted by Crippen LogP contribution is -2.32. The van der Waals surface area contributed by atoms with Gasteiger partial charge in [-0.15, -0.1) is 0 Å². The van der Waals surface area contributed by atoms with Gasteiger partial charge in [0.25, 0.3) is 0 Å². The second-order valence-corrected chi connectivity index (χ2v) is 6.01. The molecule has 2 N–H and O–H groups in total. The molecule has 1 amide bonds. The van der Waals surface area contributed by atoms with E-state index in [1.807, 2.05) is 6.92 Å². The van der Waals surface area contributed by atoms with Gasteiger partial charge in [-0.3, -0.25) is 4.79 Å². The van der Waals surface area contributed by atoms with Crippen molar-refractivity contribution in [2.75, 3.05) is 18.4 Å². The quantitative estimate of drug-likeness (QED) is 0.823. The number of hydrogen-bond acceptors (Lipinski definition) is 2. The highest BCUT2D eigenvalue weighted by Crippen LogP contribution is 2.32. The largest absolute Gasteiger partial charge is 0.416 e. The molecule has 23 heavy (non-hydrogen) atoms. The van der Waals surface area contributed by atoms with E-state index in [1.165, 1.54) is 0 Å². The summed E-state index contributed by atoms with van der Waals surface area (Å²) in [5, 5.41) is 5.50. The molecule has 128 valence electrons. The minimum atomic E-state index is -4.57. The molecule has 7 heteroatoms. The van der Waals surface area contributed by atoms with Crippen molar-refractivity contribution in [1.82, 2.24) is 5.32 Å². The molecule has 2 rings (SSSR count). The second kappa shape index (κ2) is 7.29. The van der Waals surface area contributed by atoms with Crippen LogP contribution in [0.1, 0.15) is 31.7 Å². The number of carbonyl (C=O) groups is 1. The molecule has 0 aromatic heterocycles. The number of benzene rings is 1. The van der Waals surface area contributed by atoms with E-state index >= 15 is 0 Å². The van der Waals surface area contributed by atoms with Gasteiger partial charge >= 0.3 is 6.18 Å². The molecular weight excluding hydrogens is 312 g/mol. The van der Waals surface area contributed by atoms with Crippen molar-refractivity contribution in [3.8, 4) is 0 Å². The van der Waals surface area contributed by atoms with Gasteiger partial charge in [-0.2, -0.15) is 13.2 Å². The first-order chi connectivity index (χ1) is 10.8. The SMILES string of the molecule is CC(CC(=O)Nc1cc(C(F)(F)F)ccc1F)C1CCNCC1. The summed E-state index contributed by atoms with van der Waals surface area (Å²) >= 11 is 0. The molecule has 0 saturated carbocycles. The maximum atomic E-state index is 13.6. The lowest BCUT2D eigenvalue weighted by atomic mass is 9.84. The van der Waals surface area contributed by atoms with Crippen LogP contribution < -0.4 is 10.6 Å². The van der Waals surface area contributed by atoms with Gasteiger partial charge in [-0.1, -0.05) is 6.92 Å². The molecule has 1 aliphatic rings. The summed E-state index contributed by atoms with van der Waals surface area (Å²) in [6.07, 6.45) is -2.48. The zero-order valence-electron chi connectivity index (χ0n) is 12.8. The molecule has 0 bridgehead atoms. The Balaban J connectivity index is 1.99. The van der Waals surface area contributed by atoms with Crippen molar-refractivity contribution in [2.24, 2.45) is 11.8 Å². The summed E-state index contributed by atoms with van der Waals surface area (Å²) in [6, 6.07) is 2.00. The summed E-state index contributed by atoms with van der Waals surface area (Å²) in [5.41, 5.74) is -1.41. The van der Waals surface area contributed by atoms with Crippen molar-refractivity contribution < 1.29 is 22.4 Å². The topological polar surface area (TPSA) is 41.1 Å². The Hall–Kier alpha value is -1.63. The van der Waals surface area contributed by atoms with Crippen LogP contribution in [0.15, 0.2) is 18.2 Å². The summed E-state index contributed by atoms with van der Waals surface area (Å²) in [4.78, 5) is 12.0. The first-order valence-corrected chi connectivity index (χ1v) is 7.64. The first kappa shape index (κ1) is 17.7. The van der Waals surface area contributed by atoms with Gasteiger partial charge in [0.05, 0.1) is 11.3 Å². The van der Waals surface area contributed by atoms with E-state index < -0.39 is 29.2 Å². The van der Waals surface area contributed by atoms with Crippen LogP contribution >= 0.6 is 0 Å². The lowest BCUT2D eigenvalue weighted by molar-refractivity contribution is -0.137. The minimum Gasteiger partial charge on any atom is -0.324 e. The van der Waals surface area contributed by atoms with Crippen LogP contribution in [0.25, 0.3) is 0 Å². The Morgan fingerprint density at radius 1 is 1.35 bits per heavy atom. The van der Waals surface area contributed by atoms with E-state index in [0.717, 1.165) is 25.9 Å². The molecule has 1 heterocycles. The first-order valence-electron chi connectivity index (χ1n) is 7.64. The molecule has 1 saturated heterocycles. The van der Waals surface area contributed by atoms with E-state index in [-0.39, 0.29) is 12.3 Å². The molecule has 1 atom stereocenters. The average Bonchev–Trinajstić information content (AvgIpc) is 2.49. The second-order valence-electron chi connectivity index (χ2n) is 6.01. The Labute approximate surface area is 132 Å². The van der Waals surface area contributed by atoms with Gasteiger partial charge in [0.1, 0.15) is 5.82 Å². The predicted octanol–water partition coefficient (Wildman–Crippen LogP) is 3.81. The number of rotatable bonds is 4. The number of amides is 1. The molecule has 1 aliphatic heterocycles. The van der Waals surface area contributed by atoms with E-state index in [0.29, 0.717) is 24.1 Å². The van der Waals surface area contributed by atoms with Gasteiger partial charge in [-0.25, -0.2) is 4.39 Å². The van der Waals surface area contributed by atoms with E-state index in [9.17, 15) is 22.4 Å². The van der Waals surface area contributed by atoms with Gasteiger partial charge in [0.2, 0.25) is 5.91 Å². The monoisotopic (exact) mass is 332 g/mol. The fraction of sp³-hybridized carbons (Fsp3) is 0.562. The summed E-state index contributed by atoms with van der Waals surface area (Å²) in [5.74, 6) is -0.838. The Morgan fingerprint density at radius 2 is 2.00 bits per heavy atom. The van der Waals surface area contributed by atoms with Crippen LogP contribution in [-0.4, -0.2) is 19.0 Å². The Morgan fingerprint density at radius 3 is 2.61 bits per heavy atom. The minimum absolute atomic E-state index is 0.103. The fourth-order valence-corrected chi connectivity index (χ4v) is 2.87. The van der Waals surface area contributed by atoms with Crippen LogP contribution in [0.4, 0.5) is 23.2 Å². The number of piperidine rings is 1. The molecule has 0 radical (unpaired) electrons. The molecule has 0 spiro atoms. The maximum Gasteiger partial charge on any atom is 0.416 e. The van der Waals surface area contributed by atoms with Gasteiger partial charge < -0.3 is 10.6 Å². The van der Waals surface area contributed by atoms with E-state index in [1.54, 1.807) is 0 Å². The van der Waals surface area contributed by atoms with Crippen molar-refractivity contribution in [1.29, 1.82) is 0 Å². The zero-order valence-corrected chi connectivity index (χ0v) is 12.8. The van der Waals surface area contributed by atoms with E-state index in [4.69, 9.17) is 0 Å². The van der Waals surface area contributed by atoms with Crippen molar-refractivity contribution in [2.45, 2.75) is 32.4 Å². The third kappa shape index (κ3) is 4.92. The highest BCUT2D eigenvalue weighted by atomic mass is 19.4. The molecule has 1 aromatic carbocycles. The number of alkyl halides is 3. The lowest BCUT2D eigenvalue weighted by Gasteiger charge is -2.27. The Bertz CT molecular complexity index is 554. The highest BCUT2D eigenvalue weighted by Gasteiger charge is 2.31. The number of nitrogens with one attached hydrogen (secondary N) is 2. The molecule has 3 nitrogen and oxygen atoms in total. The molecular formula is C16H20F4N2O. The molecule has 0 aliphatic carbocycles. The van der Waals surface area contributed by atoms with Crippen molar-refractivity contribution in [3.05, 3.63) is 29.6 Å². The zero-order chi connectivity index (χ0) is 17.0. The van der Waals surface area contributed by atoms with Crippen LogP contribution in [-0.2, 0) is 11.0 Å². The normalized spacial score (nSPS) is 17.8. The fourth-order valence-electron chi connectivity index (χ4n) is 2.87. The standard InChI is InChI=1S/C16H20F4N2O/c1-10(11-4-6-21-7-5-11)8-15(23)22-14-9-12(16(18,19)20)2-3-13(14)17/h2-3,9-11,21H,4-8H2,1H3,(H,22,23). The number of carbonyl (C=O) groups excluding carboxylic acids is 1. The molecule has 1 aromatic rings. The molecule has 1 unspecified atom stereocenters. The van der Waals surface area contributed by atoms with Crippen LogP contribution in [0.2, 0.25) is 0 Å². The number of halogens is 4. The smallest absolute Gasteiger partial charge is 0.324 e. The summed E-state index contributed by atoms with van der Waals surface area (Å²) in [7, 11) is 0. The number of hydrogen-bond donors (Lipinski definition) is 2. The van der Waals surface area contributed by atoms with Crippen molar-refractivity contribution in [3.63, 3.8) is 0 Å². The van der Waals surface area contributed by atoms with Gasteiger partial charge in [-0.05, 0) is 56.0 Å².